The Balaban J connectivity index is 2.28. The number of benzene rings is 1. The van der Waals surface area contributed by atoms with Crippen molar-refractivity contribution in [1.29, 1.82) is 0 Å². The third-order valence-corrected chi connectivity index (χ3v) is 4.24. The molecule has 0 radical (unpaired) electrons. The van der Waals surface area contributed by atoms with E-state index in [2.05, 4.69) is 20.2 Å². The molecule has 0 aliphatic rings. The first kappa shape index (κ1) is 15.3. The average molecular weight is 310 g/mol. The number of para-hydroxylation sites is 2. The van der Waals surface area contributed by atoms with Gasteiger partial charge in [0, 0.05) is 12.1 Å². The number of rotatable bonds is 7. The number of methoxy groups -OCH3 is 1. The van der Waals surface area contributed by atoms with Gasteiger partial charge in [-0.05, 0) is 18.7 Å². The summed E-state index contributed by atoms with van der Waals surface area (Å²) in [6.07, 6.45) is 1.50. The fourth-order valence-electron chi connectivity index (χ4n) is 1.84. The second-order valence-corrected chi connectivity index (χ2v) is 5.93. The molecule has 0 unspecified atom stereocenters. The minimum Gasteiger partial charge on any atom is -0.495 e. The molecule has 8 heteroatoms. The van der Waals surface area contributed by atoms with E-state index >= 15 is 0 Å². The van der Waals surface area contributed by atoms with Crippen LogP contribution in [0.1, 0.15) is 12.5 Å². The molecule has 3 N–H and O–H groups in total. The lowest BCUT2D eigenvalue weighted by atomic mass is 10.3. The Morgan fingerprint density at radius 1 is 1.33 bits per heavy atom. The first-order valence-corrected chi connectivity index (χ1v) is 7.95. The van der Waals surface area contributed by atoms with Crippen LogP contribution in [0.5, 0.6) is 5.75 Å². The highest BCUT2D eigenvalue weighted by molar-refractivity contribution is 7.92. The number of hydrogen-bond acceptors (Lipinski definition) is 5. The van der Waals surface area contributed by atoms with Crippen LogP contribution in [0.4, 0.5) is 5.69 Å². The van der Waals surface area contributed by atoms with Gasteiger partial charge in [0.1, 0.15) is 5.75 Å². The third kappa shape index (κ3) is 3.53. The molecule has 1 aromatic carbocycles. The largest absolute Gasteiger partial charge is 0.495 e. The summed E-state index contributed by atoms with van der Waals surface area (Å²) in [5.41, 5.74) is 0.961. The van der Waals surface area contributed by atoms with Crippen LogP contribution in [-0.2, 0) is 16.6 Å². The van der Waals surface area contributed by atoms with Gasteiger partial charge in [0.2, 0.25) is 0 Å². The van der Waals surface area contributed by atoms with Crippen molar-refractivity contribution in [3.8, 4) is 5.75 Å². The van der Waals surface area contributed by atoms with E-state index in [1.807, 2.05) is 6.92 Å². The number of ether oxygens (including phenoxy) is 1. The molecule has 0 aliphatic heterocycles. The van der Waals surface area contributed by atoms with Crippen molar-refractivity contribution >= 4 is 15.7 Å². The summed E-state index contributed by atoms with van der Waals surface area (Å²) >= 11 is 0. The standard InChI is InChI=1S/C13H18N4O3S/c1-3-14-8-10-9-15-16-13(10)21(18,19)17-11-6-4-5-7-12(11)20-2/h4-7,9,14,17H,3,8H2,1-2H3,(H,15,16). The van der Waals surface area contributed by atoms with Crippen LogP contribution in [0.3, 0.4) is 0 Å². The summed E-state index contributed by atoms with van der Waals surface area (Å²) < 4.78 is 32.5. The van der Waals surface area contributed by atoms with Crippen LogP contribution < -0.4 is 14.8 Å². The van der Waals surface area contributed by atoms with Crippen LogP contribution in [-0.4, -0.2) is 32.3 Å². The number of nitrogens with one attached hydrogen (secondary N) is 3. The summed E-state index contributed by atoms with van der Waals surface area (Å²) in [7, 11) is -2.27. The number of anilines is 1. The molecule has 0 fully saturated rings. The normalized spacial score (nSPS) is 11.3. The molecule has 0 spiro atoms. The SMILES string of the molecule is CCNCc1cn[nH]c1S(=O)(=O)Nc1ccccc1OC. The molecule has 0 aliphatic carbocycles. The van der Waals surface area contributed by atoms with E-state index in [1.54, 1.807) is 24.3 Å². The van der Waals surface area contributed by atoms with Gasteiger partial charge in [-0.3, -0.25) is 9.82 Å². The molecule has 0 atom stereocenters. The zero-order valence-electron chi connectivity index (χ0n) is 11.9. The topological polar surface area (TPSA) is 96.1 Å². The Morgan fingerprint density at radius 2 is 2.10 bits per heavy atom. The Bertz CT molecular complexity index is 697. The van der Waals surface area contributed by atoms with E-state index in [0.717, 1.165) is 6.54 Å². The van der Waals surface area contributed by atoms with E-state index in [4.69, 9.17) is 4.74 Å². The highest BCUT2D eigenvalue weighted by Gasteiger charge is 2.21. The van der Waals surface area contributed by atoms with E-state index in [0.29, 0.717) is 23.5 Å². The molecule has 0 bridgehead atoms. The molecule has 0 saturated heterocycles. The molecular formula is C13H18N4O3S. The van der Waals surface area contributed by atoms with Crippen molar-refractivity contribution in [2.75, 3.05) is 18.4 Å². The van der Waals surface area contributed by atoms with Gasteiger partial charge >= 0.3 is 0 Å². The van der Waals surface area contributed by atoms with Gasteiger partial charge in [0.15, 0.2) is 5.03 Å². The third-order valence-electron chi connectivity index (χ3n) is 2.86. The van der Waals surface area contributed by atoms with Crippen LogP contribution in [0, 0.1) is 0 Å². The summed E-state index contributed by atoms with van der Waals surface area (Å²) in [4.78, 5) is 0. The smallest absolute Gasteiger partial charge is 0.279 e. The van der Waals surface area contributed by atoms with Gasteiger partial charge in [-0.15, -0.1) is 0 Å². The van der Waals surface area contributed by atoms with Gasteiger partial charge < -0.3 is 10.1 Å². The van der Waals surface area contributed by atoms with Crippen molar-refractivity contribution in [3.63, 3.8) is 0 Å². The summed E-state index contributed by atoms with van der Waals surface area (Å²) in [5.74, 6) is 0.453. The Hall–Kier alpha value is -2.06. The van der Waals surface area contributed by atoms with Crippen LogP contribution in [0.25, 0.3) is 0 Å². The van der Waals surface area contributed by atoms with Gasteiger partial charge in [-0.1, -0.05) is 19.1 Å². The van der Waals surface area contributed by atoms with Crippen molar-refractivity contribution in [1.82, 2.24) is 15.5 Å². The molecule has 0 saturated carbocycles. The molecular weight excluding hydrogens is 292 g/mol. The first-order chi connectivity index (χ1) is 10.1. The minimum atomic E-state index is -3.75. The zero-order valence-corrected chi connectivity index (χ0v) is 12.7. The lowest BCUT2D eigenvalue weighted by Gasteiger charge is -2.11. The molecule has 1 heterocycles. The van der Waals surface area contributed by atoms with E-state index < -0.39 is 10.0 Å². The van der Waals surface area contributed by atoms with Crippen LogP contribution in [0.2, 0.25) is 0 Å². The number of hydrogen-bond donors (Lipinski definition) is 3. The fourth-order valence-corrected chi connectivity index (χ4v) is 3.05. The van der Waals surface area contributed by atoms with Crippen molar-refractivity contribution in [2.24, 2.45) is 0 Å². The lowest BCUT2D eigenvalue weighted by Crippen LogP contribution is -2.18. The van der Waals surface area contributed by atoms with Gasteiger partial charge in [0.05, 0.1) is 19.0 Å². The van der Waals surface area contributed by atoms with Gasteiger partial charge in [0.25, 0.3) is 10.0 Å². The molecule has 21 heavy (non-hydrogen) atoms. The molecule has 2 rings (SSSR count). The maximum atomic E-state index is 12.4. The number of aromatic amines is 1. The molecule has 0 amide bonds. The van der Waals surface area contributed by atoms with Crippen LogP contribution >= 0.6 is 0 Å². The zero-order chi connectivity index (χ0) is 15.3. The molecule has 7 nitrogen and oxygen atoms in total. The number of sulfonamides is 1. The van der Waals surface area contributed by atoms with Crippen LogP contribution in [0.15, 0.2) is 35.5 Å². The summed E-state index contributed by atoms with van der Waals surface area (Å²) in [6.45, 7) is 3.11. The Morgan fingerprint density at radius 3 is 2.81 bits per heavy atom. The van der Waals surface area contributed by atoms with Crippen molar-refractivity contribution in [3.05, 3.63) is 36.0 Å². The highest BCUT2D eigenvalue weighted by atomic mass is 32.2. The van der Waals surface area contributed by atoms with Gasteiger partial charge in [-0.25, -0.2) is 0 Å². The average Bonchev–Trinajstić information content (AvgIpc) is 2.94. The first-order valence-electron chi connectivity index (χ1n) is 6.47. The summed E-state index contributed by atoms with van der Waals surface area (Å²) in [6, 6.07) is 6.82. The Labute approximate surface area is 123 Å². The van der Waals surface area contributed by atoms with Crippen molar-refractivity contribution < 1.29 is 13.2 Å². The number of H-pyrrole nitrogens is 1. The summed E-state index contributed by atoms with van der Waals surface area (Å²) in [5, 5.41) is 9.46. The van der Waals surface area contributed by atoms with Gasteiger partial charge in [-0.2, -0.15) is 13.5 Å². The lowest BCUT2D eigenvalue weighted by molar-refractivity contribution is 0.417. The maximum Gasteiger partial charge on any atom is 0.279 e. The minimum absolute atomic E-state index is 0.0503. The fraction of sp³-hybridized carbons (Fsp3) is 0.308. The predicted octanol–water partition coefficient (Wildman–Crippen LogP) is 1.33. The van der Waals surface area contributed by atoms with E-state index in [-0.39, 0.29) is 5.03 Å². The second-order valence-electron chi connectivity index (χ2n) is 4.31. The van der Waals surface area contributed by atoms with E-state index in [9.17, 15) is 8.42 Å². The quantitative estimate of drug-likeness (QED) is 0.717. The number of nitrogens with zero attached hydrogens (tertiary/aromatic N) is 1. The van der Waals surface area contributed by atoms with Crippen molar-refractivity contribution in [2.45, 2.75) is 18.5 Å². The monoisotopic (exact) mass is 310 g/mol. The maximum absolute atomic E-state index is 12.4. The predicted molar refractivity (Wildman–Crippen MR) is 79.8 cm³/mol. The number of aromatic nitrogens is 2. The second kappa shape index (κ2) is 6.59. The highest BCUT2D eigenvalue weighted by Crippen LogP contribution is 2.26. The Kier molecular flexibility index (Phi) is 4.81. The van der Waals surface area contributed by atoms with E-state index in [1.165, 1.54) is 13.3 Å². The molecule has 2 aromatic rings. The molecule has 1 aromatic heterocycles. The molecule has 114 valence electrons.